The standard InChI is InChI=1S/C20H25N5OS/c1-13(10-11-16-8-6-5-7-9-16)21-18(26)12-17-14(2)22-19-23-20(27-4)24-25(19)15(17)3/h5-9,13H,10-12H2,1-4H3,(H,21,26)/t13-/m1/s1. The Bertz CT molecular complexity index is 938. The molecule has 0 radical (unpaired) electrons. The SMILES string of the molecule is CSc1nc2nc(C)c(CC(=O)N[C@H](C)CCc3ccccc3)c(C)n2n1. The lowest BCUT2D eigenvalue weighted by molar-refractivity contribution is -0.121. The molecule has 2 heterocycles. The van der Waals surface area contributed by atoms with Gasteiger partial charge in [-0.05, 0) is 45.4 Å². The molecule has 0 aliphatic rings. The fourth-order valence-electron chi connectivity index (χ4n) is 3.12. The zero-order valence-corrected chi connectivity index (χ0v) is 17.0. The molecule has 0 saturated carbocycles. The molecule has 0 spiro atoms. The molecule has 27 heavy (non-hydrogen) atoms. The molecule has 2 aromatic heterocycles. The molecule has 0 bridgehead atoms. The van der Waals surface area contributed by atoms with Gasteiger partial charge in [-0.25, -0.2) is 9.50 Å². The molecule has 3 rings (SSSR count). The van der Waals surface area contributed by atoms with Crippen molar-refractivity contribution < 1.29 is 4.79 Å². The predicted molar refractivity (Wildman–Crippen MR) is 108 cm³/mol. The zero-order chi connectivity index (χ0) is 19.4. The minimum Gasteiger partial charge on any atom is -0.353 e. The number of nitrogens with one attached hydrogen (secondary N) is 1. The Morgan fingerprint density at radius 2 is 1.96 bits per heavy atom. The molecular weight excluding hydrogens is 358 g/mol. The summed E-state index contributed by atoms with van der Waals surface area (Å²) >= 11 is 1.48. The first-order chi connectivity index (χ1) is 13.0. The molecule has 0 aliphatic carbocycles. The molecule has 142 valence electrons. The molecule has 1 atom stereocenters. The fourth-order valence-corrected chi connectivity index (χ4v) is 3.45. The average Bonchev–Trinajstić information content (AvgIpc) is 3.07. The van der Waals surface area contributed by atoms with Crippen LogP contribution in [0.5, 0.6) is 0 Å². The van der Waals surface area contributed by atoms with Gasteiger partial charge in [-0.1, -0.05) is 42.1 Å². The minimum atomic E-state index is 0.00752. The van der Waals surface area contributed by atoms with Crippen LogP contribution in [0.25, 0.3) is 5.78 Å². The lowest BCUT2D eigenvalue weighted by atomic mass is 10.1. The first-order valence-corrected chi connectivity index (χ1v) is 10.3. The summed E-state index contributed by atoms with van der Waals surface area (Å²) in [5.41, 5.74) is 3.94. The Labute approximate surface area is 163 Å². The van der Waals surface area contributed by atoms with Gasteiger partial charge in [0.15, 0.2) is 0 Å². The maximum Gasteiger partial charge on any atom is 0.253 e. The van der Waals surface area contributed by atoms with Gasteiger partial charge in [0, 0.05) is 23.0 Å². The van der Waals surface area contributed by atoms with Crippen molar-refractivity contribution in [1.29, 1.82) is 0 Å². The number of hydrogen-bond acceptors (Lipinski definition) is 5. The Hall–Kier alpha value is -2.41. The first kappa shape index (κ1) is 19.4. The number of rotatable bonds is 7. The number of carbonyl (C=O) groups is 1. The normalized spacial score (nSPS) is 12.3. The Balaban J connectivity index is 1.64. The van der Waals surface area contributed by atoms with Crippen LogP contribution in [0.3, 0.4) is 0 Å². The van der Waals surface area contributed by atoms with Crippen LogP contribution in [0, 0.1) is 13.8 Å². The van der Waals surface area contributed by atoms with E-state index in [0.717, 1.165) is 29.8 Å². The van der Waals surface area contributed by atoms with Crippen molar-refractivity contribution in [2.24, 2.45) is 0 Å². The van der Waals surface area contributed by atoms with E-state index in [1.54, 1.807) is 4.52 Å². The van der Waals surface area contributed by atoms with E-state index in [0.29, 0.717) is 17.4 Å². The number of fused-ring (bicyclic) bond motifs is 1. The van der Waals surface area contributed by atoms with E-state index in [2.05, 4.69) is 32.5 Å². The first-order valence-electron chi connectivity index (χ1n) is 9.08. The van der Waals surface area contributed by atoms with Gasteiger partial charge in [-0.15, -0.1) is 5.10 Å². The van der Waals surface area contributed by atoms with Crippen LogP contribution in [0.2, 0.25) is 0 Å². The van der Waals surface area contributed by atoms with E-state index < -0.39 is 0 Å². The van der Waals surface area contributed by atoms with Crippen LogP contribution in [-0.4, -0.2) is 37.8 Å². The summed E-state index contributed by atoms with van der Waals surface area (Å²) in [6, 6.07) is 10.4. The highest BCUT2D eigenvalue weighted by molar-refractivity contribution is 7.98. The molecule has 6 nitrogen and oxygen atoms in total. The van der Waals surface area contributed by atoms with Crippen LogP contribution in [-0.2, 0) is 17.6 Å². The highest BCUT2D eigenvalue weighted by Gasteiger charge is 2.17. The number of benzene rings is 1. The van der Waals surface area contributed by atoms with Gasteiger partial charge >= 0.3 is 0 Å². The molecule has 1 N–H and O–H groups in total. The number of aromatic nitrogens is 4. The quantitative estimate of drug-likeness (QED) is 0.635. The number of amides is 1. The second-order valence-electron chi connectivity index (χ2n) is 6.74. The van der Waals surface area contributed by atoms with Crippen LogP contribution in [0.1, 0.15) is 35.9 Å². The monoisotopic (exact) mass is 383 g/mol. The van der Waals surface area contributed by atoms with Gasteiger partial charge in [-0.3, -0.25) is 4.79 Å². The third-order valence-corrected chi connectivity index (χ3v) is 5.20. The number of carbonyl (C=O) groups excluding carboxylic acids is 1. The van der Waals surface area contributed by atoms with Crippen molar-refractivity contribution in [3.8, 4) is 0 Å². The summed E-state index contributed by atoms with van der Waals surface area (Å²) in [6.07, 6.45) is 4.09. The van der Waals surface area contributed by atoms with Crippen molar-refractivity contribution in [1.82, 2.24) is 24.9 Å². The number of aryl methyl sites for hydroxylation is 3. The Morgan fingerprint density at radius 3 is 2.67 bits per heavy atom. The van der Waals surface area contributed by atoms with E-state index in [4.69, 9.17) is 0 Å². The van der Waals surface area contributed by atoms with Crippen molar-refractivity contribution in [3.05, 3.63) is 52.8 Å². The summed E-state index contributed by atoms with van der Waals surface area (Å²) in [7, 11) is 0. The molecule has 1 amide bonds. The summed E-state index contributed by atoms with van der Waals surface area (Å²) < 4.78 is 1.72. The maximum absolute atomic E-state index is 12.5. The summed E-state index contributed by atoms with van der Waals surface area (Å²) in [6.45, 7) is 5.92. The van der Waals surface area contributed by atoms with E-state index in [1.165, 1.54) is 17.3 Å². The van der Waals surface area contributed by atoms with Gasteiger partial charge < -0.3 is 5.32 Å². The lowest BCUT2D eigenvalue weighted by Gasteiger charge is -2.15. The van der Waals surface area contributed by atoms with Gasteiger partial charge in [0.1, 0.15) is 0 Å². The number of thioether (sulfide) groups is 1. The Kier molecular flexibility index (Phi) is 6.11. The second kappa shape index (κ2) is 8.52. The molecular formula is C20H25N5OS. The molecule has 3 aromatic rings. The number of hydrogen-bond donors (Lipinski definition) is 1. The highest BCUT2D eigenvalue weighted by Crippen LogP contribution is 2.17. The largest absolute Gasteiger partial charge is 0.353 e. The van der Waals surface area contributed by atoms with E-state index in [9.17, 15) is 4.79 Å². The van der Waals surface area contributed by atoms with E-state index in [1.807, 2.05) is 45.2 Å². The topological polar surface area (TPSA) is 72.2 Å². The van der Waals surface area contributed by atoms with Crippen LogP contribution in [0.15, 0.2) is 35.5 Å². The maximum atomic E-state index is 12.5. The molecule has 7 heteroatoms. The average molecular weight is 384 g/mol. The van der Waals surface area contributed by atoms with Gasteiger partial charge in [0.25, 0.3) is 5.78 Å². The molecule has 0 saturated heterocycles. The van der Waals surface area contributed by atoms with Gasteiger partial charge in [0.2, 0.25) is 11.1 Å². The van der Waals surface area contributed by atoms with Gasteiger partial charge in [0.05, 0.1) is 6.42 Å². The lowest BCUT2D eigenvalue weighted by Crippen LogP contribution is -2.34. The molecule has 1 aromatic carbocycles. The second-order valence-corrected chi connectivity index (χ2v) is 7.51. The third kappa shape index (κ3) is 4.66. The molecule has 0 aliphatic heterocycles. The minimum absolute atomic E-state index is 0.00752. The van der Waals surface area contributed by atoms with Crippen LogP contribution < -0.4 is 5.32 Å². The third-order valence-electron chi connectivity index (χ3n) is 4.67. The zero-order valence-electron chi connectivity index (χ0n) is 16.2. The summed E-state index contributed by atoms with van der Waals surface area (Å²) in [5.74, 6) is 0.586. The summed E-state index contributed by atoms with van der Waals surface area (Å²) in [5, 5.41) is 8.22. The smallest absolute Gasteiger partial charge is 0.253 e. The van der Waals surface area contributed by atoms with Crippen molar-refractivity contribution >= 4 is 23.4 Å². The fraction of sp³-hybridized carbons (Fsp3) is 0.400. The molecule has 0 fully saturated rings. The van der Waals surface area contributed by atoms with Crippen LogP contribution in [0.4, 0.5) is 0 Å². The van der Waals surface area contributed by atoms with Crippen molar-refractivity contribution in [3.63, 3.8) is 0 Å². The van der Waals surface area contributed by atoms with Crippen LogP contribution >= 0.6 is 11.8 Å². The Morgan fingerprint density at radius 1 is 1.22 bits per heavy atom. The van der Waals surface area contributed by atoms with Crippen molar-refractivity contribution in [2.45, 2.75) is 51.2 Å². The predicted octanol–water partition coefficient (Wildman–Crippen LogP) is 3.14. The number of nitrogens with zero attached hydrogens (tertiary/aromatic N) is 4. The summed E-state index contributed by atoms with van der Waals surface area (Å²) in [4.78, 5) is 21.4. The highest BCUT2D eigenvalue weighted by atomic mass is 32.2. The molecule has 0 unspecified atom stereocenters. The van der Waals surface area contributed by atoms with E-state index in [-0.39, 0.29) is 11.9 Å². The van der Waals surface area contributed by atoms with E-state index >= 15 is 0 Å². The van der Waals surface area contributed by atoms with Crippen molar-refractivity contribution in [2.75, 3.05) is 6.26 Å². The van der Waals surface area contributed by atoms with Gasteiger partial charge in [-0.2, -0.15) is 4.98 Å².